The maximum absolute atomic E-state index is 12.8. The zero-order valence-electron chi connectivity index (χ0n) is 19.3. The number of rotatable bonds is 8. The molecule has 1 atom stereocenters. The Balaban J connectivity index is 1.76. The number of ketones is 1. The van der Waals surface area contributed by atoms with E-state index in [0.717, 1.165) is 26.9 Å². The van der Waals surface area contributed by atoms with E-state index in [9.17, 15) is 9.59 Å². The molecule has 0 saturated carbocycles. The standard InChI is InChI=1S/C28H25NO4S/c1-18(28(31)33-3)14-23(30)26-16-21-15-22(24(32-2)17-25(21)34-26)29-27(19-10-6-4-7-11-19)20-12-8-5-9-13-20/h4-13,15-18H,14H2,1-3H3. The van der Waals surface area contributed by atoms with Gasteiger partial charge in [-0.2, -0.15) is 0 Å². The first-order chi connectivity index (χ1) is 16.5. The largest absolute Gasteiger partial charge is 0.494 e. The summed E-state index contributed by atoms with van der Waals surface area (Å²) < 4.78 is 11.3. The molecule has 0 spiro atoms. The third-order valence-corrected chi connectivity index (χ3v) is 6.65. The minimum absolute atomic E-state index is 0.0858. The van der Waals surface area contributed by atoms with E-state index < -0.39 is 5.92 Å². The zero-order valence-corrected chi connectivity index (χ0v) is 20.1. The normalized spacial score (nSPS) is 11.6. The van der Waals surface area contributed by atoms with E-state index in [0.29, 0.717) is 16.3 Å². The lowest BCUT2D eigenvalue weighted by Crippen LogP contribution is -2.16. The van der Waals surface area contributed by atoms with Crippen LogP contribution in [0.2, 0.25) is 0 Å². The van der Waals surface area contributed by atoms with E-state index in [2.05, 4.69) is 0 Å². The molecule has 172 valence electrons. The number of esters is 1. The monoisotopic (exact) mass is 471 g/mol. The molecular formula is C28H25NO4S. The van der Waals surface area contributed by atoms with Gasteiger partial charge in [-0.3, -0.25) is 9.59 Å². The van der Waals surface area contributed by atoms with Crippen LogP contribution >= 0.6 is 11.3 Å². The number of thiophene rings is 1. The average molecular weight is 472 g/mol. The van der Waals surface area contributed by atoms with Crippen molar-refractivity contribution in [3.05, 3.63) is 94.9 Å². The van der Waals surface area contributed by atoms with Crippen LogP contribution in [0.1, 0.15) is 34.1 Å². The van der Waals surface area contributed by atoms with Crippen LogP contribution in [-0.2, 0) is 9.53 Å². The molecule has 4 aromatic rings. The Morgan fingerprint density at radius 3 is 2.09 bits per heavy atom. The zero-order chi connectivity index (χ0) is 24.1. The first-order valence-corrected chi connectivity index (χ1v) is 11.7. The molecule has 0 aliphatic rings. The highest BCUT2D eigenvalue weighted by molar-refractivity contribution is 7.20. The molecule has 4 rings (SSSR count). The van der Waals surface area contributed by atoms with E-state index >= 15 is 0 Å². The van der Waals surface area contributed by atoms with Gasteiger partial charge in [0.1, 0.15) is 11.4 Å². The van der Waals surface area contributed by atoms with E-state index in [-0.39, 0.29) is 18.2 Å². The van der Waals surface area contributed by atoms with Gasteiger partial charge in [-0.25, -0.2) is 4.99 Å². The van der Waals surface area contributed by atoms with Gasteiger partial charge in [0, 0.05) is 28.3 Å². The highest BCUT2D eigenvalue weighted by Crippen LogP contribution is 2.38. The summed E-state index contributed by atoms with van der Waals surface area (Å²) in [5.74, 6) is -0.336. The molecule has 0 aliphatic heterocycles. The number of methoxy groups -OCH3 is 2. The fourth-order valence-corrected chi connectivity index (χ4v) is 4.74. The summed E-state index contributed by atoms with van der Waals surface area (Å²) in [5, 5.41) is 0.902. The lowest BCUT2D eigenvalue weighted by Gasteiger charge is -2.10. The first kappa shape index (κ1) is 23.4. The van der Waals surface area contributed by atoms with Crippen molar-refractivity contribution in [2.45, 2.75) is 13.3 Å². The molecular weight excluding hydrogens is 446 g/mol. The van der Waals surface area contributed by atoms with E-state index in [1.807, 2.05) is 78.9 Å². The topological polar surface area (TPSA) is 65.0 Å². The molecule has 0 amide bonds. The third kappa shape index (κ3) is 5.07. The molecule has 1 aromatic heterocycles. The van der Waals surface area contributed by atoms with Crippen LogP contribution in [0, 0.1) is 5.92 Å². The van der Waals surface area contributed by atoms with Crippen molar-refractivity contribution >= 4 is 44.6 Å². The highest BCUT2D eigenvalue weighted by Gasteiger charge is 2.21. The molecule has 0 saturated heterocycles. The first-order valence-electron chi connectivity index (χ1n) is 10.9. The summed E-state index contributed by atoms with van der Waals surface area (Å²) in [5.41, 5.74) is 3.50. The van der Waals surface area contributed by atoms with Crippen LogP contribution in [0.5, 0.6) is 5.75 Å². The SMILES string of the molecule is COC(=O)C(C)CC(=O)c1cc2cc(N=C(c3ccccc3)c3ccccc3)c(OC)cc2s1. The van der Waals surface area contributed by atoms with Gasteiger partial charge in [0.25, 0.3) is 0 Å². The Bertz CT molecular complexity index is 1300. The second-order valence-corrected chi connectivity index (χ2v) is 9.00. The van der Waals surface area contributed by atoms with Crippen LogP contribution in [-0.4, -0.2) is 31.7 Å². The van der Waals surface area contributed by atoms with Crippen molar-refractivity contribution in [1.29, 1.82) is 0 Å². The number of hydrogen-bond donors (Lipinski definition) is 0. The van der Waals surface area contributed by atoms with Gasteiger partial charge in [-0.15, -0.1) is 11.3 Å². The summed E-state index contributed by atoms with van der Waals surface area (Å²) in [6.07, 6.45) is 0.105. The van der Waals surface area contributed by atoms with Crippen molar-refractivity contribution in [1.82, 2.24) is 0 Å². The van der Waals surface area contributed by atoms with Crippen molar-refractivity contribution < 1.29 is 19.1 Å². The van der Waals surface area contributed by atoms with Crippen molar-refractivity contribution in [3.63, 3.8) is 0 Å². The van der Waals surface area contributed by atoms with Gasteiger partial charge in [0.15, 0.2) is 5.78 Å². The predicted molar refractivity (Wildman–Crippen MR) is 137 cm³/mol. The third-order valence-electron chi connectivity index (χ3n) is 5.51. The minimum Gasteiger partial charge on any atom is -0.494 e. The average Bonchev–Trinajstić information content (AvgIpc) is 3.30. The molecule has 0 fully saturated rings. The Morgan fingerprint density at radius 2 is 1.53 bits per heavy atom. The Morgan fingerprint density at radius 1 is 0.912 bits per heavy atom. The number of benzene rings is 3. The van der Waals surface area contributed by atoms with Gasteiger partial charge < -0.3 is 9.47 Å². The summed E-state index contributed by atoms with van der Waals surface area (Å²) in [4.78, 5) is 30.1. The van der Waals surface area contributed by atoms with Crippen molar-refractivity contribution in [2.24, 2.45) is 10.9 Å². The van der Waals surface area contributed by atoms with Crippen LogP contribution in [0.15, 0.2) is 83.9 Å². The Kier molecular flexibility index (Phi) is 7.18. The molecule has 5 nitrogen and oxygen atoms in total. The molecule has 6 heteroatoms. The van der Waals surface area contributed by atoms with E-state index in [4.69, 9.17) is 14.5 Å². The fourth-order valence-electron chi connectivity index (χ4n) is 3.72. The lowest BCUT2D eigenvalue weighted by atomic mass is 10.0. The van der Waals surface area contributed by atoms with Crippen LogP contribution in [0.4, 0.5) is 5.69 Å². The smallest absolute Gasteiger partial charge is 0.308 e. The van der Waals surface area contributed by atoms with Gasteiger partial charge in [-0.1, -0.05) is 67.6 Å². The number of carbonyl (C=O) groups is 2. The predicted octanol–water partition coefficient (Wildman–Crippen LogP) is 6.46. The van der Waals surface area contributed by atoms with Gasteiger partial charge in [0.05, 0.1) is 30.7 Å². The van der Waals surface area contributed by atoms with Crippen molar-refractivity contribution in [2.75, 3.05) is 14.2 Å². The van der Waals surface area contributed by atoms with Crippen molar-refractivity contribution in [3.8, 4) is 5.75 Å². The summed E-state index contributed by atoms with van der Waals surface area (Å²) in [6, 6.07) is 25.7. The number of carbonyl (C=O) groups excluding carboxylic acids is 2. The maximum Gasteiger partial charge on any atom is 0.308 e. The summed E-state index contributed by atoms with van der Waals surface area (Å²) >= 11 is 1.39. The second kappa shape index (κ2) is 10.4. The molecule has 34 heavy (non-hydrogen) atoms. The number of ether oxygens (including phenoxy) is 2. The van der Waals surface area contributed by atoms with Crippen LogP contribution in [0.3, 0.4) is 0 Å². The molecule has 1 heterocycles. The van der Waals surface area contributed by atoms with Gasteiger partial charge in [0.2, 0.25) is 0 Å². The van der Waals surface area contributed by atoms with Gasteiger partial charge >= 0.3 is 5.97 Å². The van der Waals surface area contributed by atoms with E-state index in [1.165, 1.54) is 18.4 Å². The summed E-state index contributed by atoms with van der Waals surface area (Å²) in [6.45, 7) is 1.70. The Labute approximate surface area is 202 Å². The highest BCUT2D eigenvalue weighted by atomic mass is 32.1. The number of aliphatic imine (C=N–C) groups is 1. The lowest BCUT2D eigenvalue weighted by molar-refractivity contribution is -0.144. The molecule has 0 bridgehead atoms. The van der Waals surface area contributed by atoms with E-state index in [1.54, 1.807) is 14.0 Å². The fraction of sp³-hybridized carbons (Fsp3) is 0.179. The summed E-state index contributed by atoms with van der Waals surface area (Å²) in [7, 11) is 2.94. The maximum atomic E-state index is 12.8. The van der Waals surface area contributed by atoms with Crippen LogP contribution < -0.4 is 4.74 Å². The Hall–Kier alpha value is -3.77. The number of hydrogen-bond acceptors (Lipinski definition) is 6. The quantitative estimate of drug-likeness (QED) is 0.168. The molecule has 0 aliphatic carbocycles. The number of nitrogens with zero attached hydrogens (tertiary/aromatic N) is 1. The molecule has 1 unspecified atom stereocenters. The molecule has 3 aromatic carbocycles. The molecule has 0 N–H and O–H groups in total. The van der Waals surface area contributed by atoms with Crippen LogP contribution in [0.25, 0.3) is 10.1 Å². The minimum atomic E-state index is -0.489. The number of fused-ring (bicyclic) bond motifs is 1. The van der Waals surface area contributed by atoms with Gasteiger partial charge in [-0.05, 0) is 17.5 Å². The second-order valence-electron chi connectivity index (χ2n) is 7.92. The molecule has 0 radical (unpaired) electrons. The number of Topliss-reactive ketones (excluding diaryl/α,β-unsaturated/α-hetero) is 1.